The van der Waals surface area contributed by atoms with Crippen LogP contribution >= 0.6 is 11.6 Å². The number of nitro benzene ring substituents is 1. The van der Waals surface area contributed by atoms with Gasteiger partial charge in [0.15, 0.2) is 6.61 Å². The van der Waals surface area contributed by atoms with E-state index in [2.05, 4.69) is 16.0 Å². The summed E-state index contributed by atoms with van der Waals surface area (Å²) in [6.45, 7) is 1.02. The van der Waals surface area contributed by atoms with Crippen molar-refractivity contribution in [2.24, 2.45) is 0 Å². The van der Waals surface area contributed by atoms with Gasteiger partial charge in [0.1, 0.15) is 0 Å². The number of rotatable bonds is 9. The molecule has 10 nitrogen and oxygen atoms in total. The molecule has 0 aromatic heterocycles. The van der Waals surface area contributed by atoms with Crippen molar-refractivity contribution in [1.82, 2.24) is 0 Å². The molecule has 0 radical (unpaired) electrons. The maximum atomic E-state index is 12.7. The van der Waals surface area contributed by atoms with Crippen molar-refractivity contribution in [3.63, 3.8) is 0 Å². The lowest BCUT2D eigenvalue weighted by Crippen LogP contribution is -2.21. The maximum absolute atomic E-state index is 12.7. The third-order valence-electron chi connectivity index (χ3n) is 4.68. The number of nitro groups is 1. The second-order valence-electron chi connectivity index (χ2n) is 7.31. The van der Waals surface area contributed by atoms with Gasteiger partial charge in [0.2, 0.25) is 5.91 Å². The Labute approximate surface area is 205 Å². The number of nitrogens with zero attached hydrogens (tertiary/aromatic N) is 1. The molecule has 0 aliphatic carbocycles. The van der Waals surface area contributed by atoms with E-state index in [4.69, 9.17) is 16.3 Å². The Morgan fingerprint density at radius 3 is 2.26 bits per heavy atom. The van der Waals surface area contributed by atoms with Gasteiger partial charge in [0.25, 0.3) is 11.6 Å². The van der Waals surface area contributed by atoms with Gasteiger partial charge in [-0.1, -0.05) is 29.8 Å². The normalized spacial score (nSPS) is 10.2. The topological polar surface area (TPSA) is 140 Å². The van der Waals surface area contributed by atoms with E-state index < -0.39 is 23.4 Å². The number of benzene rings is 3. The van der Waals surface area contributed by atoms with Crippen LogP contribution in [0.3, 0.4) is 0 Å². The number of amides is 2. The van der Waals surface area contributed by atoms with Crippen molar-refractivity contribution in [3.8, 4) is 0 Å². The quantitative estimate of drug-likeness (QED) is 0.223. The molecule has 3 rings (SSSR count). The first-order valence-electron chi connectivity index (χ1n) is 10.3. The summed E-state index contributed by atoms with van der Waals surface area (Å²) in [5.41, 5.74) is 1.63. The highest BCUT2D eigenvalue weighted by Gasteiger charge is 2.19. The van der Waals surface area contributed by atoms with Crippen molar-refractivity contribution in [2.45, 2.75) is 13.5 Å². The molecule has 0 saturated heterocycles. The van der Waals surface area contributed by atoms with Crippen LogP contribution in [0.5, 0.6) is 0 Å². The van der Waals surface area contributed by atoms with Crippen molar-refractivity contribution >= 4 is 52.1 Å². The van der Waals surface area contributed by atoms with Crippen molar-refractivity contribution < 1.29 is 24.0 Å². The summed E-state index contributed by atoms with van der Waals surface area (Å²) in [5, 5.41) is 19.9. The summed E-state index contributed by atoms with van der Waals surface area (Å²) in [4.78, 5) is 46.5. The Hall–Kier alpha value is -4.44. The fourth-order valence-electron chi connectivity index (χ4n) is 3.05. The number of halogens is 1. The van der Waals surface area contributed by atoms with Gasteiger partial charge in [-0.25, -0.2) is 4.79 Å². The summed E-state index contributed by atoms with van der Waals surface area (Å²) in [6, 6.07) is 17.2. The highest BCUT2D eigenvalue weighted by molar-refractivity contribution is 6.31. The Morgan fingerprint density at radius 2 is 1.63 bits per heavy atom. The summed E-state index contributed by atoms with van der Waals surface area (Å²) in [7, 11) is 0. The molecule has 2 amide bonds. The van der Waals surface area contributed by atoms with Gasteiger partial charge in [-0.15, -0.1) is 0 Å². The molecule has 3 aromatic carbocycles. The van der Waals surface area contributed by atoms with Gasteiger partial charge in [0.05, 0.1) is 10.5 Å². The van der Waals surface area contributed by atoms with E-state index in [0.717, 1.165) is 11.6 Å². The zero-order valence-corrected chi connectivity index (χ0v) is 19.3. The van der Waals surface area contributed by atoms with Crippen LogP contribution in [0.2, 0.25) is 5.02 Å². The molecule has 0 heterocycles. The van der Waals surface area contributed by atoms with Crippen LogP contribution in [0.25, 0.3) is 0 Å². The van der Waals surface area contributed by atoms with Gasteiger partial charge >= 0.3 is 5.97 Å². The molecule has 0 bridgehead atoms. The van der Waals surface area contributed by atoms with E-state index in [1.807, 2.05) is 0 Å². The Morgan fingerprint density at radius 1 is 0.971 bits per heavy atom. The third kappa shape index (κ3) is 7.27. The second-order valence-corrected chi connectivity index (χ2v) is 7.72. The van der Waals surface area contributed by atoms with Gasteiger partial charge in [-0.05, 0) is 42.0 Å². The number of non-ortho nitro benzene ring substituents is 1. The van der Waals surface area contributed by atoms with Crippen LogP contribution in [-0.4, -0.2) is 29.3 Å². The average molecular weight is 497 g/mol. The minimum atomic E-state index is -0.911. The fraction of sp³-hybridized carbons (Fsp3) is 0.125. The lowest BCUT2D eigenvalue weighted by atomic mass is 10.1. The van der Waals surface area contributed by atoms with Gasteiger partial charge < -0.3 is 20.7 Å². The Bertz CT molecular complexity index is 1260. The predicted octanol–water partition coefficient (Wildman–Crippen LogP) is 4.61. The first-order chi connectivity index (χ1) is 16.7. The molecule has 0 spiro atoms. The average Bonchev–Trinajstić information content (AvgIpc) is 2.83. The first-order valence-corrected chi connectivity index (χ1v) is 10.7. The highest BCUT2D eigenvalue weighted by Crippen LogP contribution is 2.25. The number of hydrogen-bond acceptors (Lipinski definition) is 7. The smallest absolute Gasteiger partial charge is 0.341 e. The molecule has 0 atom stereocenters. The first kappa shape index (κ1) is 25.2. The summed E-state index contributed by atoms with van der Waals surface area (Å²) in [6.07, 6.45) is 0. The van der Waals surface area contributed by atoms with E-state index in [9.17, 15) is 24.5 Å². The standard InChI is InChI=1S/C24H21ClN4O6/c1-15(30)27-17-6-8-18(9-7-17)28-23(31)14-35-24(32)20-12-19(29(33)34)10-11-22(20)26-13-16-4-2-3-5-21(16)25/h2-12,26H,13-14H2,1H3,(H,27,30)(H,28,31). The number of anilines is 3. The zero-order valence-electron chi connectivity index (χ0n) is 18.5. The molecule has 0 saturated carbocycles. The Kier molecular flexibility index (Phi) is 8.36. The number of hydrogen-bond donors (Lipinski definition) is 3. The van der Waals surface area contributed by atoms with Gasteiger partial charge in [-0.3, -0.25) is 19.7 Å². The lowest BCUT2D eigenvalue weighted by molar-refractivity contribution is -0.384. The van der Waals surface area contributed by atoms with Crippen LogP contribution in [-0.2, 0) is 20.9 Å². The van der Waals surface area contributed by atoms with Crippen molar-refractivity contribution in [3.05, 3.63) is 93.0 Å². The maximum Gasteiger partial charge on any atom is 0.341 e. The molecule has 3 N–H and O–H groups in total. The molecule has 0 unspecified atom stereocenters. The number of carbonyl (C=O) groups excluding carboxylic acids is 3. The molecule has 0 aliphatic rings. The number of carbonyl (C=O) groups is 3. The van der Waals surface area contributed by atoms with Crippen LogP contribution in [0.1, 0.15) is 22.8 Å². The van der Waals surface area contributed by atoms with E-state index in [-0.39, 0.29) is 29.4 Å². The minimum absolute atomic E-state index is 0.0984. The van der Waals surface area contributed by atoms with Crippen LogP contribution in [0.4, 0.5) is 22.7 Å². The molecule has 180 valence electrons. The largest absolute Gasteiger partial charge is 0.452 e. The number of esters is 1. The van der Waals surface area contributed by atoms with E-state index in [0.29, 0.717) is 16.4 Å². The van der Waals surface area contributed by atoms with Crippen molar-refractivity contribution in [1.29, 1.82) is 0 Å². The molecule has 3 aromatic rings. The Balaban J connectivity index is 1.66. The van der Waals surface area contributed by atoms with Gasteiger partial charge in [0, 0.05) is 47.7 Å². The monoisotopic (exact) mass is 496 g/mol. The summed E-state index contributed by atoms with van der Waals surface area (Å²) >= 11 is 6.16. The summed E-state index contributed by atoms with van der Waals surface area (Å²) < 4.78 is 5.09. The minimum Gasteiger partial charge on any atom is -0.452 e. The molecule has 0 aliphatic heterocycles. The third-order valence-corrected chi connectivity index (χ3v) is 5.05. The molecule has 0 fully saturated rings. The molecular formula is C24H21ClN4O6. The van der Waals surface area contributed by atoms with Crippen LogP contribution in [0.15, 0.2) is 66.7 Å². The van der Waals surface area contributed by atoms with E-state index in [1.165, 1.54) is 19.1 Å². The van der Waals surface area contributed by atoms with E-state index in [1.54, 1.807) is 48.5 Å². The van der Waals surface area contributed by atoms with Crippen LogP contribution < -0.4 is 16.0 Å². The van der Waals surface area contributed by atoms with E-state index >= 15 is 0 Å². The highest BCUT2D eigenvalue weighted by atomic mass is 35.5. The summed E-state index contributed by atoms with van der Waals surface area (Å²) in [5.74, 6) is -1.75. The molecule has 11 heteroatoms. The number of ether oxygens (including phenoxy) is 1. The molecule has 35 heavy (non-hydrogen) atoms. The predicted molar refractivity (Wildman–Crippen MR) is 132 cm³/mol. The second kappa shape index (κ2) is 11.6. The zero-order chi connectivity index (χ0) is 25.4. The van der Waals surface area contributed by atoms with Gasteiger partial charge in [-0.2, -0.15) is 0 Å². The fourth-order valence-corrected chi connectivity index (χ4v) is 3.25. The van der Waals surface area contributed by atoms with Crippen molar-refractivity contribution in [2.75, 3.05) is 22.6 Å². The number of nitrogens with one attached hydrogen (secondary N) is 3. The SMILES string of the molecule is CC(=O)Nc1ccc(NC(=O)COC(=O)c2cc([N+](=O)[O-])ccc2NCc2ccccc2Cl)cc1. The van der Waals surface area contributed by atoms with Crippen LogP contribution in [0, 0.1) is 10.1 Å². The lowest BCUT2D eigenvalue weighted by Gasteiger charge is -2.13. The molecular weight excluding hydrogens is 476 g/mol.